The summed E-state index contributed by atoms with van der Waals surface area (Å²) in [4.78, 5) is 2.58. The van der Waals surface area contributed by atoms with Crippen LogP contribution in [0.4, 0.5) is 0 Å². The molecule has 3 fully saturated rings. The Hall–Kier alpha value is -1.72. The predicted molar refractivity (Wildman–Crippen MR) is 116 cm³/mol. The molecule has 158 valence electrons. The van der Waals surface area contributed by atoms with Gasteiger partial charge in [0.25, 0.3) is 0 Å². The molecule has 0 spiro atoms. The lowest BCUT2D eigenvalue weighted by Crippen LogP contribution is -2.44. The van der Waals surface area contributed by atoms with Crippen molar-refractivity contribution in [2.45, 2.75) is 56.0 Å². The summed E-state index contributed by atoms with van der Waals surface area (Å²) in [5.41, 5.74) is 5.74. The summed E-state index contributed by atoms with van der Waals surface area (Å²) in [5.74, 6) is 1.00. The zero-order chi connectivity index (χ0) is 20.1. The highest BCUT2D eigenvalue weighted by Crippen LogP contribution is 2.49. The molecule has 30 heavy (non-hydrogen) atoms. The number of piperidine rings is 1. The van der Waals surface area contributed by atoms with Gasteiger partial charge in [0, 0.05) is 31.5 Å². The number of benzene rings is 2. The molecule has 4 heteroatoms. The molecule has 6 atom stereocenters. The molecule has 6 rings (SSSR count). The van der Waals surface area contributed by atoms with Crippen LogP contribution in [-0.2, 0) is 15.9 Å². The van der Waals surface area contributed by atoms with Crippen molar-refractivity contribution >= 4 is 0 Å². The minimum Gasteiger partial charge on any atom is -0.394 e. The number of ether oxygens (including phenoxy) is 2. The third-order valence-corrected chi connectivity index (χ3v) is 7.77. The molecule has 1 N–H and O–H groups in total. The minimum atomic E-state index is 0.0438. The third-order valence-electron chi connectivity index (χ3n) is 7.77. The molecule has 0 radical (unpaired) electrons. The largest absolute Gasteiger partial charge is 0.394 e. The maximum absolute atomic E-state index is 9.45. The van der Waals surface area contributed by atoms with Crippen molar-refractivity contribution in [1.82, 2.24) is 4.90 Å². The van der Waals surface area contributed by atoms with Crippen LogP contribution >= 0.6 is 0 Å². The molecule has 0 amide bonds. The second kappa shape index (κ2) is 7.76. The summed E-state index contributed by atoms with van der Waals surface area (Å²) in [7, 11) is 0. The van der Waals surface area contributed by atoms with E-state index in [1.807, 2.05) is 0 Å². The van der Waals surface area contributed by atoms with Crippen LogP contribution in [0.3, 0.4) is 0 Å². The van der Waals surface area contributed by atoms with Gasteiger partial charge in [-0.05, 0) is 47.9 Å². The van der Waals surface area contributed by atoms with Crippen LogP contribution in [0.1, 0.15) is 53.5 Å². The number of hydrogen-bond donors (Lipinski definition) is 1. The van der Waals surface area contributed by atoms with Crippen LogP contribution in [0.15, 0.2) is 48.5 Å². The van der Waals surface area contributed by atoms with Crippen LogP contribution in [0, 0.1) is 5.92 Å². The van der Waals surface area contributed by atoms with Gasteiger partial charge in [-0.3, -0.25) is 0 Å². The van der Waals surface area contributed by atoms with Gasteiger partial charge in [-0.1, -0.05) is 48.5 Å². The van der Waals surface area contributed by atoms with Crippen molar-refractivity contribution in [3.05, 3.63) is 70.8 Å². The summed E-state index contributed by atoms with van der Waals surface area (Å²) in [6, 6.07) is 17.8. The van der Waals surface area contributed by atoms with Gasteiger partial charge in [-0.25, -0.2) is 0 Å². The van der Waals surface area contributed by atoms with Crippen molar-refractivity contribution < 1.29 is 14.6 Å². The molecular weight excluding hydrogens is 374 g/mol. The van der Waals surface area contributed by atoms with Crippen molar-refractivity contribution in [3.63, 3.8) is 0 Å². The molecule has 3 aliphatic heterocycles. The highest BCUT2D eigenvalue weighted by molar-refractivity contribution is 5.45. The number of nitrogens with zero attached hydrogens (tertiary/aromatic N) is 1. The van der Waals surface area contributed by atoms with Crippen molar-refractivity contribution in [3.8, 4) is 0 Å². The molecule has 4 aliphatic rings. The Morgan fingerprint density at radius 1 is 0.900 bits per heavy atom. The van der Waals surface area contributed by atoms with Gasteiger partial charge >= 0.3 is 0 Å². The van der Waals surface area contributed by atoms with E-state index in [2.05, 4.69) is 53.4 Å². The Bertz CT molecular complexity index is 861. The van der Waals surface area contributed by atoms with Gasteiger partial charge in [-0.15, -0.1) is 0 Å². The highest BCUT2D eigenvalue weighted by atomic mass is 16.5. The monoisotopic (exact) mass is 405 g/mol. The average Bonchev–Trinajstić information content (AvgIpc) is 3.35. The van der Waals surface area contributed by atoms with Crippen LogP contribution in [-0.4, -0.2) is 54.6 Å². The third kappa shape index (κ3) is 3.31. The smallest absolute Gasteiger partial charge is 0.0901 e. The number of likely N-dealkylation sites (tertiary alicyclic amines) is 1. The van der Waals surface area contributed by atoms with Crippen LogP contribution < -0.4 is 0 Å². The predicted octanol–water partition coefficient (Wildman–Crippen LogP) is 3.68. The van der Waals surface area contributed by atoms with Crippen LogP contribution in [0.2, 0.25) is 0 Å². The first-order chi connectivity index (χ1) is 14.8. The van der Waals surface area contributed by atoms with E-state index in [-0.39, 0.29) is 24.9 Å². The van der Waals surface area contributed by atoms with Gasteiger partial charge in [0.15, 0.2) is 0 Å². The Labute approximate surface area is 178 Å². The van der Waals surface area contributed by atoms with E-state index in [9.17, 15) is 5.11 Å². The zero-order valence-corrected chi connectivity index (χ0v) is 17.5. The van der Waals surface area contributed by atoms with Gasteiger partial charge in [0.05, 0.1) is 31.0 Å². The number of hydrogen-bond acceptors (Lipinski definition) is 4. The number of aliphatic hydroxyl groups is 1. The molecule has 0 saturated carbocycles. The average molecular weight is 406 g/mol. The summed E-state index contributed by atoms with van der Waals surface area (Å²) < 4.78 is 12.8. The summed E-state index contributed by atoms with van der Waals surface area (Å²) >= 11 is 0. The molecule has 1 aliphatic carbocycles. The van der Waals surface area contributed by atoms with E-state index in [1.54, 1.807) is 0 Å². The first-order valence-corrected chi connectivity index (χ1v) is 11.6. The maximum atomic E-state index is 9.45. The molecular formula is C26H31NO3. The Balaban J connectivity index is 1.21. The van der Waals surface area contributed by atoms with Gasteiger partial charge in [-0.2, -0.15) is 0 Å². The van der Waals surface area contributed by atoms with E-state index in [4.69, 9.17) is 9.47 Å². The molecule has 4 nitrogen and oxygen atoms in total. The lowest BCUT2D eigenvalue weighted by Gasteiger charge is -2.35. The molecule has 6 unspecified atom stereocenters. The Kier molecular flexibility index (Phi) is 4.91. The fourth-order valence-electron chi connectivity index (χ4n) is 6.40. The second-order valence-corrected chi connectivity index (χ2v) is 9.62. The van der Waals surface area contributed by atoms with E-state index in [0.29, 0.717) is 17.9 Å². The molecule has 0 bridgehead atoms. The molecule has 3 saturated heterocycles. The standard InChI is InChI=1S/C26H31NO3/c28-16-21-12-19-14-27(10-9-25(19)29-21)15-20-13-24-22-7-3-1-5-17(22)11-18-6-2-4-8-23(18)26(24)30-20/h1-8,19-21,24-26,28H,9-16H2. The van der Waals surface area contributed by atoms with Gasteiger partial charge in [0.2, 0.25) is 0 Å². The Morgan fingerprint density at radius 3 is 2.50 bits per heavy atom. The summed E-state index contributed by atoms with van der Waals surface area (Å²) in [6.07, 6.45) is 5.00. The van der Waals surface area contributed by atoms with E-state index in [1.165, 1.54) is 22.3 Å². The van der Waals surface area contributed by atoms with E-state index >= 15 is 0 Å². The van der Waals surface area contributed by atoms with Crippen LogP contribution in [0.25, 0.3) is 0 Å². The SMILES string of the molecule is OCC1CC2CN(CC3CC4c5ccccc5Cc5ccccc5C4O3)CCC2O1. The van der Waals surface area contributed by atoms with Gasteiger partial charge in [0.1, 0.15) is 0 Å². The fourth-order valence-corrected chi connectivity index (χ4v) is 6.40. The fraction of sp³-hybridized carbons (Fsp3) is 0.538. The first-order valence-electron chi connectivity index (χ1n) is 11.6. The number of fused-ring (bicyclic) bond motifs is 6. The minimum absolute atomic E-state index is 0.0438. The molecule has 0 aromatic heterocycles. The zero-order valence-electron chi connectivity index (χ0n) is 17.5. The normalized spacial score (nSPS) is 35.2. The van der Waals surface area contributed by atoms with Gasteiger partial charge < -0.3 is 19.5 Å². The lowest BCUT2D eigenvalue weighted by molar-refractivity contribution is -0.0301. The first kappa shape index (κ1) is 19.0. The maximum Gasteiger partial charge on any atom is 0.0901 e. The summed E-state index contributed by atoms with van der Waals surface area (Å²) in [5, 5.41) is 9.45. The Morgan fingerprint density at radius 2 is 1.67 bits per heavy atom. The van der Waals surface area contributed by atoms with Crippen molar-refractivity contribution in [1.29, 1.82) is 0 Å². The molecule has 2 aromatic carbocycles. The molecule has 2 aromatic rings. The van der Waals surface area contributed by atoms with Crippen molar-refractivity contribution in [2.75, 3.05) is 26.2 Å². The highest BCUT2D eigenvalue weighted by Gasteiger charge is 2.43. The van der Waals surface area contributed by atoms with Crippen molar-refractivity contribution in [2.24, 2.45) is 5.92 Å². The van der Waals surface area contributed by atoms with Crippen LogP contribution in [0.5, 0.6) is 0 Å². The quantitative estimate of drug-likeness (QED) is 0.846. The topological polar surface area (TPSA) is 41.9 Å². The lowest BCUT2D eigenvalue weighted by atomic mass is 9.87. The number of aliphatic hydroxyl groups excluding tert-OH is 1. The number of rotatable bonds is 3. The summed E-state index contributed by atoms with van der Waals surface area (Å²) in [6.45, 7) is 3.30. The second-order valence-electron chi connectivity index (χ2n) is 9.62. The van der Waals surface area contributed by atoms with E-state index < -0.39 is 0 Å². The van der Waals surface area contributed by atoms with E-state index in [0.717, 1.165) is 45.3 Å². The molecule has 3 heterocycles.